The zero-order valence-electron chi connectivity index (χ0n) is 11.7. The van der Waals surface area contributed by atoms with Crippen LogP contribution < -0.4 is 5.73 Å². The minimum absolute atomic E-state index is 0.00368. The maximum atomic E-state index is 12.5. The lowest BCUT2D eigenvalue weighted by molar-refractivity contribution is -0.143. The van der Waals surface area contributed by atoms with Crippen LogP contribution in [-0.2, 0) is 9.53 Å². The van der Waals surface area contributed by atoms with Crippen LogP contribution in [-0.4, -0.2) is 36.5 Å². The molecule has 2 fully saturated rings. The van der Waals surface area contributed by atoms with Gasteiger partial charge in [0, 0.05) is 18.5 Å². The smallest absolute Gasteiger partial charge is 0.225 e. The molecule has 108 valence electrons. The van der Waals surface area contributed by atoms with E-state index in [4.69, 9.17) is 10.5 Å². The van der Waals surface area contributed by atoms with Crippen LogP contribution in [0.4, 0.5) is 0 Å². The van der Waals surface area contributed by atoms with Crippen molar-refractivity contribution in [2.45, 2.75) is 31.4 Å². The molecule has 1 saturated heterocycles. The van der Waals surface area contributed by atoms with Crippen LogP contribution in [0.1, 0.15) is 30.9 Å². The molecular formula is C16H22N2O2. The normalized spacial score (nSPS) is 30.4. The first kappa shape index (κ1) is 13.6. The summed E-state index contributed by atoms with van der Waals surface area (Å²) in [6.07, 6.45) is 2.76. The summed E-state index contributed by atoms with van der Waals surface area (Å²) in [6.45, 7) is 1.98. The fourth-order valence-corrected chi connectivity index (χ4v) is 3.22. The average molecular weight is 274 g/mol. The van der Waals surface area contributed by atoms with Gasteiger partial charge in [0.25, 0.3) is 0 Å². The summed E-state index contributed by atoms with van der Waals surface area (Å²) in [5.41, 5.74) is 7.06. The fraction of sp³-hybridized carbons (Fsp3) is 0.562. The van der Waals surface area contributed by atoms with Gasteiger partial charge in [-0.25, -0.2) is 0 Å². The molecule has 20 heavy (non-hydrogen) atoms. The second-order valence-electron chi connectivity index (χ2n) is 5.82. The standard InChI is InChI=1S/C16H22N2O2/c17-14-7-6-13(10-14)16(19)18-8-9-20-15(11-18)12-4-2-1-3-5-12/h1-5,13-15H,6-11,17H2. The van der Waals surface area contributed by atoms with Crippen molar-refractivity contribution in [1.82, 2.24) is 4.90 Å². The number of carbonyl (C=O) groups is 1. The number of carbonyl (C=O) groups excluding carboxylic acids is 1. The van der Waals surface area contributed by atoms with Gasteiger partial charge in [0.1, 0.15) is 6.10 Å². The first-order valence-electron chi connectivity index (χ1n) is 7.45. The van der Waals surface area contributed by atoms with E-state index in [1.165, 1.54) is 0 Å². The zero-order valence-corrected chi connectivity index (χ0v) is 11.7. The molecule has 4 nitrogen and oxygen atoms in total. The number of hydrogen-bond donors (Lipinski definition) is 1. The second-order valence-corrected chi connectivity index (χ2v) is 5.82. The molecule has 3 atom stereocenters. The summed E-state index contributed by atoms with van der Waals surface area (Å²) in [4.78, 5) is 14.5. The number of benzene rings is 1. The first-order chi connectivity index (χ1) is 9.74. The van der Waals surface area contributed by atoms with Crippen molar-refractivity contribution < 1.29 is 9.53 Å². The van der Waals surface area contributed by atoms with E-state index in [-0.39, 0.29) is 24.0 Å². The van der Waals surface area contributed by atoms with Crippen LogP contribution in [0.25, 0.3) is 0 Å². The fourth-order valence-electron chi connectivity index (χ4n) is 3.22. The molecule has 1 aromatic carbocycles. The molecule has 3 rings (SSSR count). The van der Waals surface area contributed by atoms with Gasteiger partial charge in [-0.3, -0.25) is 4.79 Å². The van der Waals surface area contributed by atoms with Crippen LogP contribution in [0.15, 0.2) is 30.3 Å². The van der Waals surface area contributed by atoms with E-state index in [1.54, 1.807) is 0 Å². The van der Waals surface area contributed by atoms with Crippen LogP contribution in [0.2, 0.25) is 0 Å². The van der Waals surface area contributed by atoms with Crippen molar-refractivity contribution in [2.24, 2.45) is 11.7 Å². The van der Waals surface area contributed by atoms with Gasteiger partial charge in [-0.15, -0.1) is 0 Å². The maximum absolute atomic E-state index is 12.5. The highest BCUT2D eigenvalue weighted by atomic mass is 16.5. The lowest BCUT2D eigenvalue weighted by atomic mass is 10.0. The van der Waals surface area contributed by atoms with Crippen molar-refractivity contribution in [3.05, 3.63) is 35.9 Å². The maximum Gasteiger partial charge on any atom is 0.225 e. The van der Waals surface area contributed by atoms with Crippen molar-refractivity contribution >= 4 is 5.91 Å². The summed E-state index contributed by atoms with van der Waals surface area (Å²) in [5, 5.41) is 0. The van der Waals surface area contributed by atoms with Crippen LogP contribution in [0.5, 0.6) is 0 Å². The Labute approximate surface area is 119 Å². The van der Waals surface area contributed by atoms with E-state index in [9.17, 15) is 4.79 Å². The van der Waals surface area contributed by atoms with Crippen LogP contribution >= 0.6 is 0 Å². The van der Waals surface area contributed by atoms with Gasteiger partial charge in [-0.1, -0.05) is 30.3 Å². The Balaban J connectivity index is 1.65. The second kappa shape index (κ2) is 5.94. The lowest BCUT2D eigenvalue weighted by Gasteiger charge is -2.34. The molecule has 1 aromatic rings. The van der Waals surface area contributed by atoms with E-state index in [0.717, 1.165) is 24.8 Å². The summed E-state index contributed by atoms with van der Waals surface area (Å²) in [6, 6.07) is 10.3. The van der Waals surface area contributed by atoms with Gasteiger partial charge in [0.15, 0.2) is 0 Å². The third-order valence-corrected chi connectivity index (χ3v) is 4.37. The average Bonchev–Trinajstić information content (AvgIpc) is 2.94. The molecule has 3 unspecified atom stereocenters. The molecule has 1 amide bonds. The Bertz CT molecular complexity index is 463. The topological polar surface area (TPSA) is 55.6 Å². The van der Waals surface area contributed by atoms with Crippen molar-refractivity contribution in [3.63, 3.8) is 0 Å². The van der Waals surface area contributed by atoms with Crippen LogP contribution in [0, 0.1) is 5.92 Å². The molecule has 1 aliphatic carbocycles. The number of nitrogens with zero attached hydrogens (tertiary/aromatic N) is 1. The predicted octanol–water partition coefficient (Wildman–Crippen LogP) is 1.71. The number of amides is 1. The largest absolute Gasteiger partial charge is 0.370 e. The van der Waals surface area contributed by atoms with E-state index in [1.807, 2.05) is 23.1 Å². The number of morpholine rings is 1. The molecule has 0 radical (unpaired) electrons. The van der Waals surface area contributed by atoms with Gasteiger partial charge < -0.3 is 15.4 Å². The van der Waals surface area contributed by atoms with Crippen molar-refractivity contribution in [2.75, 3.05) is 19.7 Å². The van der Waals surface area contributed by atoms with Gasteiger partial charge in [0.05, 0.1) is 13.2 Å². The Morgan fingerprint density at radius 1 is 1.25 bits per heavy atom. The predicted molar refractivity (Wildman–Crippen MR) is 77.0 cm³/mol. The third-order valence-electron chi connectivity index (χ3n) is 4.37. The quantitative estimate of drug-likeness (QED) is 0.893. The summed E-state index contributed by atoms with van der Waals surface area (Å²) >= 11 is 0. The van der Waals surface area contributed by atoms with Gasteiger partial charge in [0.2, 0.25) is 5.91 Å². The van der Waals surface area contributed by atoms with Gasteiger partial charge >= 0.3 is 0 Å². The lowest BCUT2D eigenvalue weighted by Crippen LogP contribution is -2.44. The van der Waals surface area contributed by atoms with Crippen molar-refractivity contribution in [3.8, 4) is 0 Å². The molecule has 1 heterocycles. The molecule has 2 aliphatic rings. The SMILES string of the molecule is NC1CCC(C(=O)N2CCOC(c3ccccc3)C2)C1. The number of rotatable bonds is 2. The summed E-state index contributed by atoms with van der Waals surface area (Å²) in [7, 11) is 0. The van der Waals surface area contributed by atoms with Crippen LogP contribution in [0.3, 0.4) is 0 Å². The minimum atomic E-state index is 0.00368. The molecule has 0 bridgehead atoms. The summed E-state index contributed by atoms with van der Waals surface area (Å²) in [5.74, 6) is 0.390. The molecule has 0 aromatic heterocycles. The van der Waals surface area contributed by atoms with Gasteiger partial charge in [-0.05, 0) is 24.8 Å². The molecular weight excluding hydrogens is 252 g/mol. The Morgan fingerprint density at radius 3 is 2.75 bits per heavy atom. The Kier molecular flexibility index (Phi) is 4.03. The van der Waals surface area contributed by atoms with E-state index >= 15 is 0 Å². The molecule has 2 N–H and O–H groups in total. The minimum Gasteiger partial charge on any atom is -0.370 e. The highest BCUT2D eigenvalue weighted by Crippen LogP contribution is 2.29. The van der Waals surface area contributed by atoms with Crippen molar-refractivity contribution in [1.29, 1.82) is 0 Å². The monoisotopic (exact) mass is 274 g/mol. The Hall–Kier alpha value is -1.39. The molecule has 1 saturated carbocycles. The number of ether oxygens (including phenoxy) is 1. The molecule has 1 aliphatic heterocycles. The number of hydrogen-bond acceptors (Lipinski definition) is 3. The van der Waals surface area contributed by atoms with E-state index in [2.05, 4.69) is 12.1 Å². The van der Waals surface area contributed by atoms with E-state index < -0.39 is 0 Å². The van der Waals surface area contributed by atoms with E-state index in [0.29, 0.717) is 19.7 Å². The molecule has 4 heteroatoms. The number of nitrogens with two attached hydrogens (primary N) is 1. The summed E-state index contributed by atoms with van der Waals surface area (Å²) < 4.78 is 5.81. The third kappa shape index (κ3) is 2.86. The first-order valence-corrected chi connectivity index (χ1v) is 7.45. The highest BCUT2D eigenvalue weighted by Gasteiger charge is 2.33. The van der Waals surface area contributed by atoms with Gasteiger partial charge in [-0.2, -0.15) is 0 Å². The Morgan fingerprint density at radius 2 is 2.05 bits per heavy atom. The zero-order chi connectivity index (χ0) is 13.9. The molecule has 0 spiro atoms. The highest BCUT2D eigenvalue weighted by molar-refractivity contribution is 5.79.